The van der Waals surface area contributed by atoms with Gasteiger partial charge in [0.1, 0.15) is 0 Å². The molecule has 0 bridgehead atoms. The molecule has 3 rings (SSSR count). The van der Waals surface area contributed by atoms with Gasteiger partial charge in [-0.05, 0) is 24.6 Å². The van der Waals surface area contributed by atoms with Crippen molar-refractivity contribution >= 4 is 29.3 Å². The molecule has 0 spiro atoms. The Morgan fingerprint density at radius 3 is 2.62 bits per heavy atom. The van der Waals surface area contributed by atoms with Gasteiger partial charge >= 0.3 is 6.03 Å². The number of nitrogens with zero attached hydrogens (tertiary/aromatic N) is 1. The second-order valence-corrected chi connectivity index (χ2v) is 7.35. The number of aliphatic hydroxyl groups excluding tert-OH is 1. The van der Waals surface area contributed by atoms with Gasteiger partial charge in [0.25, 0.3) is 0 Å². The summed E-state index contributed by atoms with van der Waals surface area (Å²) < 4.78 is 0. The number of aliphatic hydroxyl groups is 1. The van der Waals surface area contributed by atoms with Crippen LogP contribution in [0.3, 0.4) is 0 Å². The lowest BCUT2D eigenvalue weighted by Gasteiger charge is -2.41. The molecule has 1 saturated heterocycles. The van der Waals surface area contributed by atoms with Gasteiger partial charge in [0.05, 0.1) is 18.7 Å². The van der Waals surface area contributed by atoms with Gasteiger partial charge in [0.15, 0.2) is 5.78 Å². The van der Waals surface area contributed by atoms with E-state index in [1.54, 1.807) is 40.9 Å². The van der Waals surface area contributed by atoms with E-state index in [1.807, 2.05) is 30.3 Å². The van der Waals surface area contributed by atoms with E-state index in [0.29, 0.717) is 17.0 Å². The fourth-order valence-electron chi connectivity index (χ4n) is 3.11. The Balaban J connectivity index is 1.85. The topological polar surface area (TPSA) is 69.6 Å². The lowest BCUT2D eigenvalue weighted by Crippen LogP contribution is -2.51. The first kappa shape index (κ1) is 18.5. The molecule has 0 aliphatic carbocycles. The van der Waals surface area contributed by atoms with Gasteiger partial charge in [-0.1, -0.05) is 42.5 Å². The highest BCUT2D eigenvalue weighted by molar-refractivity contribution is 7.99. The average molecular weight is 370 g/mol. The minimum atomic E-state index is -0.265. The first-order chi connectivity index (χ1) is 12.6. The first-order valence-electron chi connectivity index (χ1n) is 8.54. The van der Waals surface area contributed by atoms with Crippen LogP contribution in [0.25, 0.3) is 0 Å². The van der Waals surface area contributed by atoms with E-state index < -0.39 is 0 Å². The Bertz CT molecular complexity index is 782. The van der Waals surface area contributed by atoms with E-state index in [1.165, 1.54) is 6.92 Å². The quantitative estimate of drug-likeness (QED) is 0.807. The molecule has 26 heavy (non-hydrogen) atoms. The van der Waals surface area contributed by atoms with Crippen molar-refractivity contribution in [2.24, 2.45) is 0 Å². The Labute approximate surface area is 157 Å². The largest absolute Gasteiger partial charge is 0.394 e. The van der Waals surface area contributed by atoms with Crippen molar-refractivity contribution in [2.45, 2.75) is 19.0 Å². The summed E-state index contributed by atoms with van der Waals surface area (Å²) in [6.07, 6.45) is 0. The third kappa shape index (κ3) is 4.08. The Hall–Kier alpha value is -2.31. The van der Waals surface area contributed by atoms with E-state index in [0.717, 1.165) is 11.3 Å². The van der Waals surface area contributed by atoms with Crippen molar-refractivity contribution in [3.8, 4) is 0 Å². The van der Waals surface area contributed by atoms with Gasteiger partial charge < -0.3 is 15.3 Å². The smallest absolute Gasteiger partial charge is 0.322 e. The molecule has 0 radical (unpaired) electrons. The maximum absolute atomic E-state index is 13.0. The van der Waals surface area contributed by atoms with Crippen LogP contribution in [0.1, 0.15) is 28.9 Å². The maximum atomic E-state index is 13.0. The summed E-state index contributed by atoms with van der Waals surface area (Å²) in [6.45, 7) is 1.41. The minimum absolute atomic E-state index is 0.0501. The zero-order valence-electron chi connectivity index (χ0n) is 14.6. The number of amides is 2. The lowest BCUT2D eigenvalue weighted by molar-refractivity contribution is 0.101. The number of ketones is 1. The molecule has 2 aromatic rings. The standard InChI is InChI=1S/C20H22N2O3S/c1-14(24)16-8-5-9-17(10-16)21-20(25)22-18(11-23)12-26-13-19(22)15-6-3-2-4-7-15/h2-10,18-19,23H,11-13H2,1H3,(H,21,25)/t18-,19-/m0/s1. The van der Waals surface area contributed by atoms with Gasteiger partial charge in [0.2, 0.25) is 0 Å². The summed E-state index contributed by atoms with van der Waals surface area (Å²) in [7, 11) is 0. The molecule has 6 heteroatoms. The highest BCUT2D eigenvalue weighted by atomic mass is 32.2. The Morgan fingerprint density at radius 1 is 1.15 bits per heavy atom. The van der Waals surface area contributed by atoms with E-state index in [2.05, 4.69) is 5.32 Å². The predicted molar refractivity (Wildman–Crippen MR) is 105 cm³/mol. The van der Waals surface area contributed by atoms with Gasteiger partial charge in [0, 0.05) is 22.8 Å². The van der Waals surface area contributed by atoms with Crippen LogP contribution in [-0.4, -0.2) is 46.0 Å². The molecule has 1 aliphatic heterocycles. The van der Waals surface area contributed by atoms with Crippen molar-refractivity contribution in [1.29, 1.82) is 0 Å². The van der Waals surface area contributed by atoms with E-state index in [4.69, 9.17) is 0 Å². The van der Waals surface area contributed by atoms with Crippen LogP contribution in [0.4, 0.5) is 10.5 Å². The second kappa shape index (κ2) is 8.38. The molecule has 5 nitrogen and oxygen atoms in total. The lowest BCUT2D eigenvalue weighted by atomic mass is 10.1. The Kier molecular flexibility index (Phi) is 5.96. The summed E-state index contributed by atoms with van der Waals surface area (Å²) in [5.74, 6) is 1.42. The number of carbonyl (C=O) groups is 2. The molecule has 2 amide bonds. The van der Waals surface area contributed by atoms with Crippen LogP contribution >= 0.6 is 11.8 Å². The number of nitrogens with one attached hydrogen (secondary N) is 1. The van der Waals surface area contributed by atoms with Crippen molar-refractivity contribution in [2.75, 3.05) is 23.4 Å². The molecule has 1 heterocycles. The average Bonchev–Trinajstić information content (AvgIpc) is 2.68. The van der Waals surface area contributed by atoms with Crippen LogP contribution in [0.15, 0.2) is 54.6 Å². The van der Waals surface area contributed by atoms with Gasteiger partial charge in [-0.3, -0.25) is 4.79 Å². The molecule has 136 valence electrons. The summed E-state index contributed by atoms with van der Waals surface area (Å²) in [4.78, 5) is 26.3. The molecule has 2 N–H and O–H groups in total. The van der Waals surface area contributed by atoms with E-state index in [-0.39, 0.29) is 30.5 Å². The summed E-state index contributed by atoms with van der Waals surface area (Å²) in [5.41, 5.74) is 2.17. The highest BCUT2D eigenvalue weighted by Gasteiger charge is 2.35. The second-order valence-electron chi connectivity index (χ2n) is 6.27. The molecule has 0 saturated carbocycles. The van der Waals surface area contributed by atoms with Crippen molar-refractivity contribution < 1.29 is 14.7 Å². The molecular formula is C20H22N2O3S. The third-order valence-corrected chi connectivity index (χ3v) is 5.64. The normalized spacial score (nSPS) is 19.8. The van der Waals surface area contributed by atoms with Gasteiger partial charge in [-0.25, -0.2) is 4.79 Å². The van der Waals surface area contributed by atoms with Crippen LogP contribution in [-0.2, 0) is 0 Å². The van der Waals surface area contributed by atoms with E-state index >= 15 is 0 Å². The summed E-state index contributed by atoms with van der Waals surface area (Å²) in [5, 5.41) is 12.7. The molecular weight excluding hydrogens is 348 g/mol. The molecule has 1 aliphatic rings. The number of carbonyl (C=O) groups excluding carboxylic acids is 2. The number of hydrogen-bond donors (Lipinski definition) is 2. The number of Topliss-reactive ketones (excluding diaryl/α,β-unsaturated/α-hetero) is 1. The van der Waals surface area contributed by atoms with E-state index in [9.17, 15) is 14.7 Å². The molecule has 0 aromatic heterocycles. The predicted octanol–water partition coefficient (Wildman–Crippen LogP) is 3.57. The number of benzene rings is 2. The summed E-state index contributed by atoms with van der Waals surface area (Å²) >= 11 is 1.74. The van der Waals surface area contributed by atoms with Crippen LogP contribution in [0.2, 0.25) is 0 Å². The number of hydrogen-bond acceptors (Lipinski definition) is 4. The number of rotatable bonds is 4. The van der Waals surface area contributed by atoms with Crippen molar-refractivity contribution in [3.63, 3.8) is 0 Å². The van der Waals surface area contributed by atoms with Crippen LogP contribution < -0.4 is 5.32 Å². The SMILES string of the molecule is CC(=O)c1cccc(NC(=O)N2[C@@H](CO)CSC[C@H]2c2ccccc2)c1. The number of thioether (sulfide) groups is 1. The van der Waals surface area contributed by atoms with Crippen LogP contribution in [0.5, 0.6) is 0 Å². The van der Waals surface area contributed by atoms with Crippen molar-refractivity contribution in [1.82, 2.24) is 4.90 Å². The zero-order chi connectivity index (χ0) is 18.5. The Morgan fingerprint density at radius 2 is 1.92 bits per heavy atom. The fraction of sp³-hybridized carbons (Fsp3) is 0.300. The van der Waals surface area contributed by atoms with Gasteiger partial charge in [-0.15, -0.1) is 0 Å². The van der Waals surface area contributed by atoms with Crippen molar-refractivity contribution in [3.05, 3.63) is 65.7 Å². The maximum Gasteiger partial charge on any atom is 0.322 e. The van der Waals surface area contributed by atoms with Crippen LogP contribution in [0, 0.1) is 0 Å². The molecule has 0 unspecified atom stereocenters. The molecule has 1 fully saturated rings. The highest BCUT2D eigenvalue weighted by Crippen LogP contribution is 2.33. The molecule has 2 aromatic carbocycles. The third-order valence-electron chi connectivity index (χ3n) is 4.47. The first-order valence-corrected chi connectivity index (χ1v) is 9.69. The minimum Gasteiger partial charge on any atom is -0.394 e. The summed E-state index contributed by atoms with van der Waals surface area (Å²) in [6, 6.07) is 16.1. The zero-order valence-corrected chi connectivity index (χ0v) is 15.4. The number of urea groups is 1. The fourth-order valence-corrected chi connectivity index (χ4v) is 4.37. The molecule has 2 atom stereocenters. The monoisotopic (exact) mass is 370 g/mol. The van der Waals surface area contributed by atoms with Gasteiger partial charge in [-0.2, -0.15) is 11.8 Å². The number of anilines is 1.